The van der Waals surface area contributed by atoms with Gasteiger partial charge in [0.25, 0.3) is 0 Å². The number of carbonyl (C=O) groups is 7. The molecule has 0 bridgehead atoms. The maximum atomic E-state index is 12.9. The lowest BCUT2D eigenvalue weighted by molar-refractivity contribution is -0.140. The third kappa shape index (κ3) is 13.4. The van der Waals surface area contributed by atoms with Crippen molar-refractivity contribution in [3.8, 4) is 11.8 Å². The standard InChI is InChI=1S/C32H37N7O10S/c1-50(48,49)31-37-15-22(16-38-31)9-5-6-10-32(11-12-32)30(47)36-19-26(42)34-20-27(43)39-24(13-21-7-3-2-4-8-21)29(46)35-18-25(41)33-17-23(40)14-28(44)45/h2-4,7-8,15-16,24H,6,10-14,17-20H2,1H3,(H,33,41)(H,34,42)(H,35,46)(H,36,47)(H,39,43)(H,44,45)/t24-/m0/s1. The van der Waals surface area contributed by atoms with E-state index in [1.165, 1.54) is 12.4 Å². The minimum absolute atomic E-state index is 0.0524. The molecule has 0 aliphatic heterocycles. The van der Waals surface area contributed by atoms with Crippen molar-refractivity contribution in [1.29, 1.82) is 0 Å². The van der Waals surface area contributed by atoms with Gasteiger partial charge in [-0.1, -0.05) is 42.2 Å². The first kappa shape index (κ1) is 38.7. The minimum Gasteiger partial charge on any atom is -0.481 e. The number of aliphatic carboxylic acids is 1. The fourth-order valence-electron chi connectivity index (χ4n) is 4.46. The van der Waals surface area contributed by atoms with Crippen LogP contribution in [-0.4, -0.2) is 103 Å². The highest BCUT2D eigenvalue weighted by Gasteiger charge is 2.48. The zero-order chi connectivity index (χ0) is 36.7. The molecular formula is C32H37N7O10S. The van der Waals surface area contributed by atoms with Crippen molar-refractivity contribution in [2.24, 2.45) is 5.41 Å². The SMILES string of the molecule is CS(=O)(=O)c1ncc(C#CCCC2(C(=O)NCC(=O)NCC(=O)N[C@@H](Cc3ccccc3)C(=O)NCC(=O)NCC(=O)CC(=O)O)CC2)cn1. The van der Waals surface area contributed by atoms with Crippen LogP contribution in [0.3, 0.4) is 0 Å². The molecule has 5 amide bonds. The first-order valence-corrected chi connectivity index (χ1v) is 17.2. The Morgan fingerprint density at radius 3 is 2.06 bits per heavy atom. The van der Waals surface area contributed by atoms with Crippen molar-refractivity contribution in [3.05, 3.63) is 53.9 Å². The highest BCUT2D eigenvalue weighted by molar-refractivity contribution is 7.90. The lowest BCUT2D eigenvalue weighted by atomic mass is 9.99. The summed E-state index contributed by atoms with van der Waals surface area (Å²) in [5.41, 5.74) is 0.458. The second kappa shape index (κ2) is 18.2. The number of carboxylic acids is 1. The van der Waals surface area contributed by atoms with E-state index >= 15 is 0 Å². The van der Waals surface area contributed by atoms with Crippen LogP contribution in [0.5, 0.6) is 0 Å². The quantitative estimate of drug-likeness (QED) is 0.0559. The second-order valence-electron chi connectivity index (χ2n) is 11.5. The number of hydrogen-bond donors (Lipinski definition) is 6. The van der Waals surface area contributed by atoms with E-state index in [-0.39, 0.29) is 24.0 Å². The highest BCUT2D eigenvalue weighted by atomic mass is 32.2. The summed E-state index contributed by atoms with van der Waals surface area (Å²) in [5.74, 6) is 0.541. The van der Waals surface area contributed by atoms with Crippen molar-refractivity contribution >= 4 is 51.1 Å². The molecule has 266 valence electrons. The van der Waals surface area contributed by atoms with Gasteiger partial charge < -0.3 is 31.7 Å². The van der Waals surface area contributed by atoms with Crippen molar-refractivity contribution in [2.45, 2.75) is 49.7 Å². The van der Waals surface area contributed by atoms with Crippen LogP contribution >= 0.6 is 0 Å². The van der Waals surface area contributed by atoms with Gasteiger partial charge in [0, 0.05) is 31.5 Å². The minimum atomic E-state index is -3.52. The van der Waals surface area contributed by atoms with Gasteiger partial charge >= 0.3 is 5.97 Å². The van der Waals surface area contributed by atoms with Crippen LogP contribution in [0.25, 0.3) is 0 Å². The third-order valence-electron chi connectivity index (χ3n) is 7.30. The number of Topliss-reactive ketones (excluding diaryl/α,β-unsaturated/α-hetero) is 1. The van der Waals surface area contributed by atoms with E-state index in [0.29, 0.717) is 36.8 Å². The van der Waals surface area contributed by atoms with Crippen molar-refractivity contribution in [1.82, 2.24) is 36.6 Å². The highest BCUT2D eigenvalue weighted by Crippen LogP contribution is 2.49. The van der Waals surface area contributed by atoms with Gasteiger partial charge in [0.2, 0.25) is 44.5 Å². The van der Waals surface area contributed by atoms with Crippen LogP contribution in [0.15, 0.2) is 47.9 Å². The lowest BCUT2D eigenvalue weighted by Gasteiger charge is -2.19. The van der Waals surface area contributed by atoms with Gasteiger partial charge in [-0.15, -0.1) is 0 Å². The molecule has 1 aromatic heterocycles. The lowest BCUT2D eigenvalue weighted by Crippen LogP contribution is -2.52. The molecule has 1 aliphatic carbocycles. The summed E-state index contributed by atoms with van der Waals surface area (Å²) in [4.78, 5) is 92.4. The van der Waals surface area contributed by atoms with Crippen LogP contribution in [0, 0.1) is 17.3 Å². The summed E-state index contributed by atoms with van der Waals surface area (Å²) >= 11 is 0. The van der Waals surface area contributed by atoms with E-state index in [2.05, 4.69) is 48.4 Å². The fourth-order valence-corrected chi connectivity index (χ4v) is 4.94. The summed E-state index contributed by atoms with van der Waals surface area (Å²) < 4.78 is 22.9. The summed E-state index contributed by atoms with van der Waals surface area (Å²) in [6.45, 7) is -1.96. The summed E-state index contributed by atoms with van der Waals surface area (Å²) in [5, 5.41) is 20.4. The molecule has 2 aromatic rings. The van der Waals surface area contributed by atoms with Gasteiger partial charge in [-0.25, -0.2) is 18.4 Å². The predicted molar refractivity (Wildman–Crippen MR) is 174 cm³/mol. The molecule has 1 atom stereocenters. The maximum absolute atomic E-state index is 12.9. The van der Waals surface area contributed by atoms with Crippen LogP contribution < -0.4 is 26.6 Å². The zero-order valence-electron chi connectivity index (χ0n) is 27.1. The molecule has 1 heterocycles. The number of hydrogen-bond acceptors (Lipinski definition) is 11. The zero-order valence-corrected chi connectivity index (χ0v) is 27.9. The van der Waals surface area contributed by atoms with Gasteiger partial charge in [-0.3, -0.25) is 33.6 Å². The summed E-state index contributed by atoms with van der Waals surface area (Å²) in [7, 11) is -3.52. The molecular weight excluding hydrogens is 674 g/mol. The van der Waals surface area contributed by atoms with Gasteiger partial charge in [0.05, 0.1) is 37.2 Å². The molecule has 1 fully saturated rings. The van der Waals surface area contributed by atoms with Crippen LogP contribution in [0.4, 0.5) is 0 Å². The molecule has 0 radical (unpaired) electrons. The smallest absolute Gasteiger partial charge is 0.310 e. The van der Waals surface area contributed by atoms with Gasteiger partial charge in [-0.05, 0) is 24.8 Å². The van der Waals surface area contributed by atoms with E-state index in [1.54, 1.807) is 30.3 Å². The van der Waals surface area contributed by atoms with Gasteiger partial charge in [0.15, 0.2) is 5.78 Å². The first-order chi connectivity index (χ1) is 23.7. The Balaban J connectivity index is 1.42. The Hall–Kier alpha value is -5.70. The Kier molecular flexibility index (Phi) is 14.1. The van der Waals surface area contributed by atoms with E-state index in [0.717, 1.165) is 6.26 Å². The molecule has 3 rings (SSSR count). The Morgan fingerprint density at radius 1 is 0.860 bits per heavy atom. The largest absolute Gasteiger partial charge is 0.481 e. The average Bonchev–Trinajstić information content (AvgIpc) is 3.87. The van der Waals surface area contributed by atoms with Gasteiger partial charge in [0.1, 0.15) is 12.5 Å². The number of nitrogens with zero attached hydrogens (tertiary/aromatic N) is 2. The van der Waals surface area contributed by atoms with E-state index in [9.17, 15) is 42.0 Å². The maximum Gasteiger partial charge on any atom is 0.310 e. The second-order valence-corrected chi connectivity index (χ2v) is 13.4. The number of carbonyl (C=O) groups excluding carboxylic acids is 6. The molecule has 1 aromatic carbocycles. The summed E-state index contributed by atoms with van der Waals surface area (Å²) in [6.07, 6.45) is 4.93. The van der Waals surface area contributed by atoms with E-state index in [4.69, 9.17) is 5.11 Å². The number of aromatic nitrogens is 2. The van der Waals surface area contributed by atoms with Crippen LogP contribution in [0.1, 0.15) is 43.2 Å². The number of ketones is 1. The topological polar surface area (TPSA) is 260 Å². The normalized spacial score (nSPS) is 13.3. The fraction of sp³-hybridized carbons (Fsp3) is 0.406. The number of amides is 5. The molecule has 6 N–H and O–H groups in total. The molecule has 1 aliphatic rings. The molecule has 1 saturated carbocycles. The number of rotatable bonds is 18. The Labute approximate surface area is 287 Å². The molecule has 18 heteroatoms. The van der Waals surface area contributed by atoms with Crippen molar-refractivity contribution in [3.63, 3.8) is 0 Å². The third-order valence-corrected chi connectivity index (χ3v) is 8.17. The van der Waals surface area contributed by atoms with E-state index < -0.39 is 82.7 Å². The van der Waals surface area contributed by atoms with E-state index in [1.807, 2.05) is 0 Å². The predicted octanol–water partition coefficient (Wildman–Crippen LogP) is -1.97. The molecule has 17 nitrogen and oxygen atoms in total. The van der Waals surface area contributed by atoms with Crippen LogP contribution in [-0.2, 0) is 49.8 Å². The first-order valence-electron chi connectivity index (χ1n) is 15.3. The number of carboxylic acid groups (broad SMARTS) is 1. The molecule has 50 heavy (non-hydrogen) atoms. The number of benzene rings is 1. The molecule has 0 unspecified atom stereocenters. The average molecular weight is 712 g/mol. The summed E-state index contributed by atoms with van der Waals surface area (Å²) in [6, 6.07) is 7.56. The molecule has 0 saturated heterocycles. The Morgan fingerprint density at radius 2 is 1.46 bits per heavy atom. The van der Waals surface area contributed by atoms with Gasteiger partial charge in [-0.2, -0.15) is 0 Å². The molecule has 0 spiro atoms. The monoisotopic (exact) mass is 711 g/mol. The number of nitrogens with one attached hydrogen (secondary N) is 5. The van der Waals surface area contributed by atoms with Crippen molar-refractivity contribution < 1.29 is 47.1 Å². The number of sulfone groups is 1. The van der Waals surface area contributed by atoms with Crippen LogP contribution in [0.2, 0.25) is 0 Å². The van der Waals surface area contributed by atoms with Crippen molar-refractivity contribution in [2.75, 3.05) is 32.4 Å². The Bertz CT molecular complexity index is 1770.